The summed E-state index contributed by atoms with van der Waals surface area (Å²) >= 11 is 0. The fourth-order valence-electron chi connectivity index (χ4n) is 4.84. The smallest absolute Gasteiger partial charge is 0.166 e. The highest BCUT2D eigenvalue weighted by Gasteiger charge is 2.52. The van der Waals surface area contributed by atoms with Crippen molar-refractivity contribution in [2.45, 2.75) is 69.8 Å². The highest BCUT2D eigenvalue weighted by Crippen LogP contribution is 2.55. The average molecular weight is 416 g/mol. The van der Waals surface area contributed by atoms with Crippen LogP contribution in [0.15, 0.2) is 24.3 Å². The average Bonchev–Trinajstić information content (AvgIpc) is 2.93. The Balaban J connectivity index is 1.54. The molecule has 1 aliphatic carbocycles. The van der Waals surface area contributed by atoms with Gasteiger partial charge in [-0.25, -0.2) is 0 Å². The number of hydrogen-bond donors (Lipinski definition) is 1. The Morgan fingerprint density at radius 3 is 2.90 bits per heavy atom. The van der Waals surface area contributed by atoms with Gasteiger partial charge in [-0.3, -0.25) is 9.69 Å². The van der Waals surface area contributed by atoms with E-state index < -0.39 is 6.10 Å². The summed E-state index contributed by atoms with van der Waals surface area (Å²) in [5.74, 6) is 1.69. The summed E-state index contributed by atoms with van der Waals surface area (Å²) < 4.78 is 17.5. The molecule has 1 N–H and O–H groups in total. The van der Waals surface area contributed by atoms with Gasteiger partial charge in [0.25, 0.3) is 0 Å². The zero-order valence-corrected chi connectivity index (χ0v) is 18.4. The predicted octanol–water partition coefficient (Wildman–Crippen LogP) is 2.99. The van der Waals surface area contributed by atoms with E-state index in [1.807, 2.05) is 32.9 Å². The van der Waals surface area contributed by atoms with Crippen molar-refractivity contribution in [1.82, 2.24) is 4.90 Å². The number of carbonyl (C=O) groups excluding carboxylic acids is 1. The van der Waals surface area contributed by atoms with Crippen LogP contribution in [0.5, 0.6) is 11.5 Å². The van der Waals surface area contributed by atoms with Crippen molar-refractivity contribution >= 4 is 5.78 Å². The zero-order chi connectivity index (χ0) is 21.5. The summed E-state index contributed by atoms with van der Waals surface area (Å²) in [6.45, 7) is 8.39. The molecular formula is C24H33NO5. The van der Waals surface area contributed by atoms with Gasteiger partial charge in [0.05, 0.1) is 24.2 Å². The molecule has 0 bridgehead atoms. The summed E-state index contributed by atoms with van der Waals surface area (Å²) in [6.07, 6.45) is 5.43. The maximum atomic E-state index is 12.3. The van der Waals surface area contributed by atoms with Crippen molar-refractivity contribution in [3.05, 3.63) is 35.4 Å². The maximum absolute atomic E-state index is 12.3. The van der Waals surface area contributed by atoms with Gasteiger partial charge < -0.3 is 19.3 Å². The number of Topliss-reactive ketones (excluding diaryl/α,β-unsaturated/α-hetero) is 1. The first-order valence-corrected chi connectivity index (χ1v) is 10.8. The SMILES string of the molecule is COc1ccc2c3c1O[C@@H]1C[C@H](O)C=CC31CCN(CCC(=O)COC(C)(C)C)C2. The Hall–Kier alpha value is -1.89. The van der Waals surface area contributed by atoms with Crippen molar-refractivity contribution in [2.75, 3.05) is 26.8 Å². The largest absolute Gasteiger partial charge is 0.493 e. The fourth-order valence-corrected chi connectivity index (χ4v) is 4.84. The van der Waals surface area contributed by atoms with Crippen molar-refractivity contribution in [2.24, 2.45) is 0 Å². The molecule has 0 amide bonds. The van der Waals surface area contributed by atoms with Gasteiger partial charge in [-0.15, -0.1) is 0 Å². The van der Waals surface area contributed by atoms with E-state index in [1.165, 1.54) is 11.1 Å². The van der Waals surface area contributed by atoms with E-state index >= 15 is 0 Å². The van der Waals surface area contributed by atoms with Crippen molar-refractivity contribution in [3.63, 3.8) is 0 Å². The number of ether oxygens (including phenoxy) is 3. The van der Waals surface area contributed by atoms with E-state index in [2.05, 4.69) is 17.0 Å². The lowest BCUT2D eigenvalue weighted by Gasteiger charge is -2.35. The second kappa shape index (κ2) is 7.98. The third-order valence-electron chi connectivity index (χ3n) is 6.41. The molecule has 164 valence electrons. The van der Waals surface area contributed by atoms with Gasteiger partial charge in [0.2, 0.25) is 0 Å². The zero-order valence-electron chi connectivity index (χ0n) is 18.4. The molecule has 30 heavy (non-hydrogen) atoms. The number of aliphatic hydroxyl groups is 1. The van der Waals surface area contributed by atoms with Crippen LogP contribution in [-0.4, -0.2) is 60.4 Å². The molecule has 0 saturated heterocycles. The molecule has 2 heterocycles. The number of ketones is 1. The first-order chi connectivity index (χ1) is 14.2. The van der Waals surface area contributed by atoms with Crippen LogP contribution >= 0.6 is 0 Å². The second-order valence-corrected chi connectivity index (χ2v) is 9.66. The molecule has 2 aliphatic heterocycles. The van der Waals surface area contributed by atoms with Gasteiger partial charge >= 0.3 is 0 Å². The van der Waals surface area contributed by atoms with Crippen LogP contribution < -0.4 is 9.47 Å². The Bertz CT molecular complexity index is 843. The molecule has 0 saturated carbocycles. The molecule has 1 aromatic carbocycles. The minimum Gasteiger partial charge on any atom is -0.493 e. The number of hydrogen-bond acceptors (Lipinski definition) is 6. The van der Waals surface area contributed by atoms with Gasteiger partial charge in [-0.05, 0) is 45.4 Å². The molecule has 6 heteroatoms. The van der Waals surface area contributed by atoms with Crippen molar-refractivity contribution in [1.29, 1.82) is 0 Å². The Morgan fingerprint density at radius 1 is 1.37 bits per heavy atom. The molecule has 0 radical (unpaired) electrons. The number of aliphatic hydroxyl groups excluding tert-OH is 1. The van der Waals surface area contributed by atoms with E-state index in [0.29, 0.717) is 19.4 Å². The van der Waals surface area contributed by atoms with Gasteiger partial charge in [0.1, 0.15) is 12.7 Å². The van der Waals surface area contributed by atoms with Crippen LogP contribution in [0, 0.1) is 0 Å². The fraction of sp³-hybridized carbons (Fsp3) is 0.625. The van der Waals surface area contributed by atoms with E-state index in [4.69, 9.17) is 14.2 Å². The number of nitrogens with zero attached hydrogens (tertiary/aromatic N) is 1. The summed E-state index contributed by atoms with van der Waals surface area (Å²) in [5, 5.41) is 10.2. The summed E-state index contributed by atoms with van der Waals surface area (Å²) in [4.78, 5) is 14.7. The third kappa shape index (κ3) is 4.01. The number of benzene rings is 1. The first-order valence-electron chi connectivity index (χ1n) is 10.8. The van der Waals surface area contributed by atoms with Gasteiger partial charge in [-0.2, -0.15) is 0 Å². The topological polar surface area (TPSA) is 68.2 Å². The maximum Gasteiger partial charge on any atom is 0.166 e. The predicted molar refractivity (Wildman–Crippen MR) is 114 cm³/mol. The monoisotopic (exact) mass is 415 g/mol. The Labute approximate surface area is 178 Å². The normalized spacial score (nSPS) is 27.8. The quantitative estimate of drug-likeness (QED) is 0.721. The lowest BCUT2D eigenvalue weighted by atomic mass is 9.69. The van der Waals surface area contributed by atoms with E-state index in [9.17, 15) is 9.90 Å². The highest BCUT2D eigenvalue weighted by atomic mass is 16.5. The minimum absolute atomic E-state index is 0.0932. The second-order valence-electron chi connectivity index (χ2n) is 9.66. The van der Waals surface area contributed by atoms with E-state index in [0.717, 1.165) is 31.0 Å². The van der Waals surface area contributed by atoms with Crippen LogP contribution in [0.2, 0.25) is 0 Å². The summed E-state index contributed by atoms with van der Waals surface area (Å²) in [6, 6.07) is 4.08. The lowest BCUT2D eigenvalue weighted by molar-refractivity contribution is -0.128. The van der Waals surface area contributed by atoms with Crippen LogP contribution in [0.4, 0.5) is 0 Å². The standard InChI is InChI=1S/C24H33NO5/c1-23(2,3)29-15-18(27)8-11-25-12-10-24-9-7-17(26)13-20(24)30-22-19(28-4)6-5-16(14-25)21(22)24/h5-7,9,17,20,26H,8,10-15H2,1-4H3/t17-,20-,24?/m1/s1. The van der Waals surface area contributed by atoms with Crippen molar-refractivity contribution in [3.8, 4) is 11.5 Å². The minimum atomic E-state index is -0.482. The van der Waals surface area contributed by atoms with Crippen LogP contribution in [-0.2, 0) is 21.5 Å². The van der Waals surface area contributed by atoms with Crippen LogP contribution in [0.1, 0.15) is 51.2 Å². The van der Waals surface area contributed by atoms with Crippen LogP contribution in [0.3, 0.4) is 0 Å². The van der Waals surface area contributed by atoms with Crippen LogP contribution in [0.25, 0.3) is 0 Å². The Kier molecular flexibility index (Phi) is 5.68. The number of rotatable bonds is 6. The molecule has 1 spiro atoms. The van der Waals surface area contributed by atoms with E-state index in [-0.39, 0.29) is 29.5 Å². The molecule has 3 aliphatic rings. The van der Waals surface area contributed by atoms with Crippen molar-refractivity contribution < 1.29 is 24.1 Å². The molecule has 1 aromatic rings. The molecule has 3 atom stereocenters. The highest BCUT2D eigenvalue weighted by molar-refractivity contribution is 5.79. The molecule has 6 nitrogen and oxygen atoms in total. The lowest BCUT2D eigenvalue weighted by Crippen LogP contribution is -2.43. The van der Waals surface area contributed by atoms with E-state index in [1.54, 1.807) is 7.11 Å². The summed E-state index contributed by atoms with van der Waals surface area (Å²) in [5.41, 5.74) is 1.86. The molecule has 0 aromatic heterocycles. The number of carbonyl (C=O) groups is 1. The Morgan fingerprint density at radius 2 is 2.17 bits per heavy atom. The molecule has 1 unspecified atom stereocenters. The molecule has 0 fully saturated rings. The molecular weight excluding hydrogens is 382 g/mol. The van der Waals surface area contributed by atoms with Gasteiger partial charge in [0.15, 0.2) is 17.3 Å². The number of methoxy groups -OCH3 is 1. The van der Waals surface area contributed by atoms with Gasteiger partial charge in [0, 0.05) is 31.5 Å². The first kappa shape index (κ1) is 21.3. The summed E-state index contributed by atoms with van der Waals surface area (Å²) in [7, 11) is 1.66. The van der Waals surface area contributed by atoms with Gasteiger partial charge in [-0.1, -0.05) is 18.2 Å². The third-order valence-corrected chi connectivity index (χ3v) is 6.41. The molecule has 4 rings (SSSR count).